The van der Waals surface area contributed by atoms with Crippen LogP contribution < -0.4 is 5.73 Å². The van der Waals surface area contributed by atoms with Crippen molar-refractivity contribution in [2.75, 3.05) is 0 Å². The summed E-state index contributed by atoms with van der Waals surface area (Å²) in [5.74, 6) is 0.888. The Kier molecular flexibility index (Phi) is 3.04. The summed E-state index contributed by atoms with van der Waals surface area (Å²) in [5.41, 5.74) is 7.83. The second-order valence-electron chi connectivity index (χ2n) is 4.09. The van der Waals surface area contributed by atoms with E-state index in [1.807, 2.05) is 42.5 Å². The Morgan fingerprint density at radius 1 is 1.05 bits per heavy atom. The van der Waals surface area contributed by atoms with Gasteiger partial charge in [0, 0.05) is 18.0 Å². The maximum atomic E-state index is 6.10. The van der Waals surface area contributed by atoms with Gasteiger partial charge in [-0.25, -0.2) is 0 Å². The van der Waals surface area contributed by atoms with Crippen LogP contribution in [-0.2, 0) is 0 Å². The van der Waals surface area contributed by atoms with Gasteiger partial charge in [0.25, 0.3) is 0 Å². The van der Waals surface area contributed by atoms with Gasteiger partial charge in [-0.1, -0.05) is 35.5 Å². The molecule has 0 aliphatic carbocycles. The maximum absolute atomic E-state index is 6.10. The van der Waals surface area contributed by atoms with Crippen molar-refractivity contribution in [3.63, 3.8) is 0 Å². The number of rotatable bonds is 3. The second kappa shape index (κ2) is 4.99. The first kappa shape index (κ1) is 11.6. The number of benzene rings is 1. The summed E-state index contributed by atoms with van der Waals surface area (Å²) in [6.45, 7) is 0. The van der Waals surface area contributed by atoms with Crippen molar-refractivity contribution < 1.29 is 4.52 Å². The van der Waals surface area contributed by atoms with Crippen LogP contribution in [0.1, 0.15) is 17.5 Å². The summed E-state index contributed by atoms with van der Waals surface area (Å²) in [5, 5.41) is 3.93. The smallest absolute Gasteiger partial charge is 0.248 e. The van der Waals surface area contributed by atoms with Gasteiger partial charge in [0.2, 0.25) is 11.7 Å². The summed E-state index contributed by atoms with van der Waals surface area (Å²) in [7, 11) is 0. The molecule has 3 rings (SSSR count). The highest BCUT2D eigenvalue weighted by molar-refractivity contribution is 5.52. The lowest BCUT2D eigenvalue weighted by atomic mass is 10.1. The van der Waals surface area contributed by atoms with Crippen LogP contribution in [0.4, 0.5) is 0 Å². The molecule has 0 fully saturated rings. The number of nitrogens with zero attached hydrogens (tertiary/aromatic N) is 3. The van der Waals surface area contributed by atoms with Gasteiger partial charge in [0.05, 0.1) is 0 Å². The molecule has 0 saturated heterocycles. The second-order valence-corrected chi connectivity index (χ2v) is 4.09. The number of aromatic nitrogens is 3. The number of nitrogens with two attached hydrogens (primary N) is 1. The van der Waals surface area contributed by atoms with E-state index < -0.39 is 6.04 Å². The lowest BCUT2D eigenvalue weighted by Crippen LogP contribution is -2.11. The average molecular weight is 252 g/mol. The molecule has 0 amide bonds. The first-order chi connectivity index (χ1) is 9.34. The monoisotopic (exact) mass is 252 g/mol. The molecule has 2 N–H and O–H groups in total. The van der Waals surface area contributed by atoms with Gasteiger partial charge >= 0.3 is 0 Å². The Balaban J connectivity index is 1.90. The van der Waals surface area contributed by atoms with Gasteiger partial charge in [-0.05, 0) is 17.7 Å². The summed E-state index contributed by atoms with van der Waals surface area (Å²) < 4.78 is 5.22. The molecular weight excluding hydrogens is 240 g/mol. The molecule has 5 nitrogen and oxygen atoms in total. The van der Waals surface area contributed by atoms with Crippen molar-refractivity contribution >= 4 is 0 Å². The van der Waals surface area contributed by atoms with Crippen LogP contribution in [0, 0.1) is 0 Å². The molecule has 2 aromatic heterocycles. The Morgan fingerprint density at radius 2 is 1.89 bits per heavy atom. The minimum Gasteiger partial charge on any atom is -0.337 e. The zero-order chi connectivity index (χ0) is 13.1. The van der Waals surface area contributed by atoms with Gasteiger partial charge in [-0.15, -0.1) is 0 Å². The van der Waals surface area contributed by atoms with Crippen molar-refractivity contribution in [3.8, 4) is 11.4 Å². The van der Waals surface area contributed by atoms with Crippen molar-refractivity contribution in [1.82, 2.24) is 15.1 Å². The van der Waals surface area contributed by atoms with E-state index in [0.29, 0.717) is 11.7 Å². The van der Waals surface area contributed by atoms with Crippen LogP contribution in [-0.4, -0.2) is 15.1 Å². The van der Waals surface area contributed by atoms with Gasteiger partial charge in [0.1, 0.15) is 6.04 Å². The zero-order valence-corrected chi connectivity index (χ0v) is 10.1. The average Bonchev–Trinajstić information content (AvgIpc) is 2.98. The first-order valence-corrected chi connectivity index (χ1v) is 5.89. The van der Waals surface area contributed by atoms with E-state index in [1.54, 1.807) is 12.4 Å². The van der Waals surface area contributed by atoms with E-state index in [2.05, 4.69) is 15.1 Å². The van der Waals surface area contributed by atoms with Gasteiger partial charge in [-0.3, -0.25) is 4.98 Å². The molecule has 1 atom stereocenters. The molecule has 19 heavy (non-hydrogen) atoms. The summed E-state index contributed by atoms with van der Waals surface area (Å²) >= 11 is 0. The van der Waals surface area contributed by atoms with Crippen molar-refractivity contribution in [2.45, 2.75) is 6.04 Å². The Morgan fingerprint density at radius 3 is 2.63 bits per heavy atom. The summed E-state index contributed by atoms with van der Waals surface area (Å²) in [6, 6.07) is 12.9. The minimum absolute atomic E-state index is 0.394. The Labute approximate surface area is 110 Å². The molecule has 0 radical (unpaired) electrons. The third-order valence-corrected chi connectivity index (χ3v) is 2.79. The molecule has 0 saturated carbocycles. The predicted molar refractivity (Wildman–Crippen MR) is 70.0 cm³/mol. The molecule has 2 heterocycles. The lowest BCUT2D eigenvalue weighted by molar-refractivity contribution is 0.367. The van der Waals surface area contributed by atoms with Gasteiger partial charge in [-0.2, -0.15) is 4.98 Å². The first-order valence-electron chi connectivity index (χ1n) is 5.89. The van der Waals surface area contributed by atoms with Crippen LogP contribution >= 0.6 is 0 Å². The number of pyridine rings is 1. The van der Waals surface area contributed by atoms with Gasteiger partial charge in [0.15, 0.2) is 0 Å². The van der Waals surface area contributed by atoms with E-state index in [-0.39, 0.29) is 0 Å². The predicted octanol–water partition coefficient (Wildman–Crippen LogP) is 2.18. The third kappa shape index (κ3) is 2.36. The minimum atomic E-state index is -0.417. The number of hydrogen-bond donors (Lipinski definition) is 1. The van der Waals surface area contributed by atoms with Crippen LogP contribution in [0.3, 0.4) is 0 Å². The molecule has 0 aliphatic rings. The van der Waals surface area contributed by atoms with Crippen LogP contribution in [0.2, 0.25) is 0 Å². The lowest BCUT2D eigenvalue weighted by Gasteiger charge is -2.05. The fourth-order valence-corrected chi connectivity index (χ4v) is 1.78. The standard InChI is InChI=1S/C14H12N4O/c15-12(10-5-2-1-3-6-10)14-17-13(18-19-14)11-7-4-8-16-9-11/h1-9,12H,15H2/t12-/m0/s1. The molecule has 0 spiro atoms. The zero-order valence-electron chi connectivity index (χ0n) is 10.1. The molecule has 3 aromatic rings. The molecule has 0 unspecified atom stereocenters. The third-order valence-electron chi connectivity index (χ3n) is 2.79. The fraction of sp³-hybridized carbons (Fsp3) is 0.0714. The van der Waals surface area contributed by atoms with E-state index in [0.717, 1.165) is 11.1 Å². The highest BCUT2D eigenvalue weighted by Gasteiger charge is 2.17. The number of hydrogen-bond acceptors (Lipinski definition) is 5. The largest absolute Gasteiger partial charge is 0.337 e. The van der Waals surface area contributed by atoms with E-state index >= 15 is 0 Å². The normalized spacial score (nSPS) is 12.3. The van der Waals surface area contributed by atoms with Crippen molar-refractivity contribution in [2.24, 2.45) is 5.73 Å². The molecule has 0 bridgehead atoms. The van der Waals surface area contributed by atoms with Crippen LogP contribution in [0.25, 0.3) is 11.4 Å². The highest BCUT2D eigenvalue weighted by atomic mass is 16.5. The quantitative estimate of drug-likeness (QED) is 0.773. The Bertz CT molecular complexity index is 651. The molecular formula is C14H12N4O. The van der Waals surface area contributed by atoms with Crippen molar-refractivity contribution in [3.05, 3.63) is 66.3 Å². The topological polar surface area (TPSA) is 77.8 Å². The fourth-order valence-electron chi connectivity index (χ4n) is 1.78. The summed E-state index contributed by atoms with van der Waals surface area (Å²) in [6.07, 6.45) is 3.38. The maximum Gasteiger partial charge on any atom is 0.248 e. The van der Waals surface area contributed by atoms with E-state index in [4.69, 9.17) is 10.3 Å². The summed E-state index contributed by atoms with van der Waals surface area (Å²) in [4.78, 5) is 8.33. The molecule has 0 aliphatic heterocycles. The van der Waals surface area contributed by atoms with Crippen LogP contribution in [0.5, 0.6) is 0 Å². The van der Waals surface area contributed by atoms with E-state index in [1.165, 1.54) is 0 Å². The highest BCUT2D eigenvalue weighted by Crippen LogP contribution is 2.20. The van der Waals surface area contributed by atoms with Crippen LogP contribution in [0.15, 0.2) is 59.4 Å². The molecule has 94 valence electrons. The SMILES string of the molecule is N[C@@H](c1ccccc1)c1nc(-c2cccnc2)no1. The van der Waals surface area contributed by atoms with E-state index in [9.17, 15) is 0 Å². The van der Waals surface area contributed by atoms with Gasteiger partial charge < -0.3 is 10.3 Å². The molecule has 5 heteroatoms. The molecule has 1 aromatic carbocycles. The Hall–Kier alpha value is -2.53. The van der Waals surface area contributed by atoms with Crippen molar-refractivity contribution in [1.29, 1.82) is 0 Å².